The van der Waals surface area contributed by atoms with Crippen molar-refractivity contribution < 1.29 is 9.50 Å². The van der Waals surface area contributed by atoms with Crippen LogP contribution in [0.1, 0.15) is 22.9 Å². The van der Waals surface area contributed by atoms with E-state index in [1.807, 2.05) is 30.3 Å². The molecule has 0 fully saturated rings. The first-order valence-electron chi connectivity index (χ1n) is 9.80. The highest BCUT2D eigenvalue weighted by atomic mass is 32.1. The minimum atomic E-state index is -0.980. The van der Waals surface area contributed by atoms with Crippen LogP contribution in [0.4, 0.5) is 4.39 Å². The molecule has 3 aromatic heterocycles. The van der Waals surface area contributed by atoms with Crippen LogP contribution < -0.4 is 5.32 Å². The van der Waals surface area contributed by atoms with Gasteiger partial charge in [-0.15, -0.1) is 0 Å². The van der Waals surface area contributed by atoms with Crippen molar-refractivity contribution in [3.63, 3.8) is 0 Å². The Morgan fingerprint density at radius 2 is 1.94 bits per heavy atom. The Hall–Kier alpha value is -3.82. The number of halogens is 1. The number of imidazole rings is 1. The van der Waals surface area contributed by atoms with E-state index in [0.29, 0.717) is 38.8 Å². The number of hydrogen-bond acceptors (Lipinski definition) is 6. The van der Waals surface area contributed by atoms with Gasteiger partial charge in [-0.25, -0.2) is 14.4 Å². The van der Waals surface area contributed by atoms with Crippen molar-refractivity contribution in [3.8, 4) is 11.3 Å². The van der Waals surface area contributed by atoms with Gasteiger partial charge in [-0.05, 0) is 35.9 Å². The highest BCUT2D eigenvalue weighted by Gasteiger charge is 2.18. The predicted molar refractivity (Wildman–Crippen MR) is 123 cm³/mol. The topological polar surface area (TPSA) is 88.2 Å². The van der Waals surface area contributed by atoms with Gasteiger partial charge in [0.2, 0.25) is 0 Å². The highest BCUT2D eigenvalue weighted by Crippen LogP contribution is 2.26. The molecule has 0 radical (unpaired) electrons. The average molecular weight is 444 g/mol. The van der Waals surface area contributed by atoms with Gasteiger partial charge >= 0.3 is 0 Å². The van der Waals surface area contributed by atoms with Crippen LogP contribution in [0.25, 0.3) is 27.9 Å². The van der Waals surface area contributed by atoms with E-state index in [-0.39, 0.29) is 0 Å². The molecule has 5 aromatic rings. The Bertz CT molecular complexity index is 1480. The van der Waals surface area contributed by atoms with Gasteiger partial charge in [0.25, 0.3) is 5.78 Å². The zero-order valence-corrected chi connectivity index (χ0v) is 17.7. The van der Waals surface area contributed by atoms with Crippen molar-refractivity contribution in [1.82, 2.24) is 29.9 Å². The van der Waals surface area contributed by atoms with Crippen LogP contribution >= 0.6 is 12.2 Å². The van der Waals surface area contributed by atoms with Gasteiger partial charge in [0.05, 0.1) is 23.6 Å². The zero-order valence-electron chi connectivity index (χ0n) is 16.9. The molecule has 32 heavy (non-hydrogen) atoms. The number of aliphatic hydroxyl groups is 1. The summed E-state index contributed by atoms with van der Waals surface area (Å²) in [5.74, 6) is -0.127. The van der Waals surface area contributed by atoms with Crippen LogP contribution in [-0.4, -0.2) is 41.7 Å². The maximum Gasteiger partial charge on any atom is 0.251 e. The van der Waals surface area contributed by atoms with Crippen LogP contribution in [0.2, 0.25) is 0 Å². The minimum absolute atomic E-state index is 0.310. The average Bonchev–Trinajstić information content (AvgIpc) is 3.26. The highest BCUT2D eigenvalue weighted by molar-refractivity contribution is 7.80. The van der Waals surface area contributed by atoms with Crippen molar-refractivity contribution in [2.24, 2.45) is 0 Å². The van der Waals surface area contributed by atoms with Gasteiger partial charge in [0.1, 0.15) is 22.6 Å². The van der Waals surface area contributed by atoms with Gasteiger partial charge in [0.15, 0.2) is 0 Å². The number of rotatable bonds is 4. The monoisotopic (exact) mass is 444 g/mol. The van der Waals surface area contributed by atoms with Crippen molar-refractivity contribution in [2.75, 3.05) is 7.05 Å². The third-order valence-corrected chi connectivity index (χ3v) is 5.64. The van der Waals surface area contributed by atoms with Gasteiger partial charge in [-0.3, -0.25) is 4.98 Å². The second-order valence-corrected chi connectivity index (χ2v) is 7.58. The number of nitrogens with one attached hydrogen (secondary N) is 1. The standard InChI is InChI=1S/C23H17FN6OS/c1-25-22(32)16-6-4-14(10-17(16)24)19-11-27-23-28-12-20(30(23)29-19)21(31)15-5-7-18-13(9-15)3-2-8-26-18/h2-12,21,31H,1H3,(H,25,32). The lowest BCUT2D eigenvalue weighted by Gasteiger charge is -2.12. The summed E-state index contributed by atoms with van der Waals surface area (Å²) >= 11 is 5.12. The first-order chi connectivity index (χ1) is 15.5. The Labute approximate surface area is 187 Å². The number of hydrogen-bond donors (Lipinski definition) is 2. The molecule has 0 saturated heterocycles. The molecule has 0 spiro atoms. The van der Waals surface area contributed by atoms with Crippen molar-refractivity contribution in [3.05, 3.63) is 89.8 Å². The summed E-state index contributed by atoms with van der Waals surface area (Å²) in [6.45, 7) is 0. The molecule has 0 aliphatic heterocycles. The lowest BCUT2D eigenvalue weighted by Crippen LogP contribution is -2.17. The molecule has 5 rings (SSSR count). The third kappa shape index (κ3) is 3.47. The van der Waals surface area contributed by atoms with Crippen molar-refractivity contribution >= 4 is 33.9 Å². The summed E-state index contributed by atoms with van der Waals surface area (Å²) in [6.07, 6.45) is 3.80. The Morgan fingerprint density at radius 3 is 2.75 bits per heavy atom. The normalized spacial score (nSPS) is 12.2. The second-order valence-electron chi connectivity index (χ2n) is 7.17. The Kier molecular flexibility index (Phi) is 5.04. The first kappa shape index (κ1) is 20.1. The van der Waals surface area contributed by atoms with E-state index in [0.717, 1.165) is 10.9 Å². The smallest absolute Gasteiger partial charge is 0.251 e. The van der Waals surface area contributed by atoms with Gasteiger partial charge in [-0.2, -0.15) is 9.61 Å². The lowest BCUT2D eigenvalue weighted by atomic mass is 10.0. The number of pyridine rings is 1. The van der Waals surface area contributed by atoms with Crippen LogP contribution in [0.5, 0.6) is 0 Å². The maximum atomic E-state index is 14.5. The Balaban J connectivity index is 1.55. The molecule has 0 aliphatic rings. The summed E-state index contributed by atoms with van der Waals surface area (Å²) < 4.78 is 16.0. The fourth-order valence-electron chi connectivity index (χ4n) is 3.54. The maximum absolute atomic E-state index is 14.5. The van der Waals surface area contributed by atoms with Crippen LogP contribution in [0, 0.1) is 5.82 Å². The fourth-order valence-corrected chi connectivity index (χ4v) is 3.70. The van der Waals surface area contributed by atoms with Crippen LogP contribution in [-0.2, 0) is 0 Å². The number of aromatic nitrogens is 5. The molecule has 9 heteroatoms. The van der Waals surface area contributed by atoms with E-state index in [1.165, 1.54) is 23.0 Å². The summed E-state index contributed by atoms with van der Waals surface area (Å²) in [4.78, 5) is 13.2. The van der Waals surface area contributed by atoms with Crippen LogP contribution in [0.3, 0.4) is 0 Å². The SMILES string of the molecule is CNC(=S)c1ccc(-c2cnc3ncc(C(O)c4ccc5ncccc5c4)n3n2)cc1F. The van der Waals surface area contributed by atoms with Crippen molar-refractivity contribution in [2.45, 2.75) is 6.10 Å². The summed E-state index contributed by atoms with van der Waals surface area (Å²) in [5.41, 5.74) is 3.25. The molecule has 0 bridgehead atoms. The van der Waals surface area contributed by atoms with Gasteiger partial charge < -0.3 is 10.4 Å². The molecule has 3 heterocycles. The van der Waals surface area contributed by atoms with Gasteiger partial charge in [-0.1, -0.05) is 30.4 Å². The molecule has 158 valence electrons. The molecule has 0 saturated carbocycles. The van der Waals surface area contributed by atoms with E-state index in [1.54, 1.807) is 25.4 Å². The Morgan fingerprint density at radius 1 is 1.09 bits per heavy atom. The van der Waals surface area contributed by atoms with E-state index in [4.69, 9.17) is 12.2 Å². The number of nitrogens with zero attached hydrogens (tertiary/aromatic N) is 5. The van der Waals surface area contributed by atoms with Crippen LogP contribution in [0.15, 0.2) is 67.1 Å². The van der Waals surface area contributed by atoms with E-state index in [9.17, 15) is 9.50 Å². The molecular weight excluding hydrogens is 427 g/mol. The fraction of sp³-hybridized carbons (Fsp3) is 0.0870. The largest absolute Gasteiger partial charge is 0.382 e. The molecule has 2 N–H and O–H groups in total. The van der Waals surface area contributed by atoms with Crippen molar-refractivity contribution in [1.29, 1.82) is 0 Å². The third-order valence-electron chi connectivity index (χ3n) is 5.22. The van der Waals surface area contributed by atoms with E-state index >= 15 is 0 Å². The number of benzene rings is 2. The molecular formula is C23H17FN6OS. The summed E-state index contributed by atoms with van der Waals surface area (Å²) in [5, 5.41) is 19.3. The minimum Gasteiger partial charge on any atom is -0.382 e. The molecule has 1 unspecified atom stereocenters. The lowest BCUT2D eigenvalue weighted by molar-refractivity contribution is 0.213. The predicted octanol–water partition coefficient (Wildman–Crippen LogP) is 3.46. The number of fused-ring (bicyclic) bond motifs is 2. The first-order valence-corrected chi connectivity index (χ1v) is 10.2. The zero-order chi connectivity index (χ0) is 22.2. The second kappa shape index (κ2) is 8.03. The van der Waals surface area contributed by atoms with Gasteiger partial charge in [0, 0.05) is 29.8 Å². The number of thiocarbonyl (C=S) groups is 1. The quantitative estimate of drug-likeness (QED) is 0.411. The summed E-state index contributed by atoms with van der Waals surface area (Å²) in [7, 11) is 1.65. The number of aliphatic hydroxyl groups excluding tert-OH is 1. The molecule has 1 atom stereocenters. The molecule has 2 aromatic carbocycles. The molecule has 0 aliphatic carbocycles. The van der Waals surface area contributed by atoms with E-state index in [2.05, 4.69) is 25.4 Å². The molecule has 7 nitrogen and oxygen atoms in total. The summed E-state index contributed by atoms with van der Waals surface area (Å²) in [6, 6.07) is 14.0. The molecule has 0 amide bonds. The van der Waals surface area contributed by atoms with E-state index < -0.39 is 11.9 Å².